The number of hydrogen-bond acceptors (Lipinski definition) is 2. The third-order valence-corrected chi connectivity index (χ3v) is 4.22. The summed E-state index contributed by atoms with van der Waals surface area (Å²) >= 11 is 3.74. The van der Waals surface area contributed by atoms with Crippen LogP contribution in [0.5, 0.6) is 0 Å². The summed E-state index contributed by atoms with van der Waals surface area (Å²) in [6.45, 7) is 8.83. The minimum atomic E-state index is 0.534. The summed E-state index contributed by atoms with van der Waals surface area (Å²) in [6.07, 6.45) is 3.86. The Bertz CT molecular complexity index is 413. The smallest absolute Gasteiger partial charge is 0.0513 e. The van der Waals surface area contributed by atoms with Gasteiger partial charge in [0.1, 0.15) is 0 Å². The zero-order chi connectivity index (χ0) is 13.8. The Labute approximate surface area is 125 Å². The van der Waals surface area contributed by atoms with E-state index in [-0.39, 0.29) is 0 Å². The molecule has 2 nitrogen and oxygen atoms in total. The number of rotatable bonds is 7. The molecule has 0 heterocycles. The van der Waals surface area contributed by atoms with E-state index in [9.17, 15) is 0 Å². The second-order valence-electron chi connectivity index (χ2n) is 5.73. The van der Waals surface area contributed by atoms with Gasteiger partial charge in [-0.05, 0) is 66.7 Å². The Morgan fingerprint density at radius 3 is 2.63 bits per heavy atom. The lowest BCUT2D eigenvalue weighted by Crippen LogP contribution is -2.31. The van der Waals surface area contributed by atoms with Crippen LogP contribution in [-0.2, 0) is 6.54 Å². The van der Waals surface area contributed by atoms with Crippen molar-refractivity contribution in [1.82, 2.24) is 5.32 Å². The van der Waals surface area contributed by atoms with Crippen molar-refractivity contribution in [3.63, 3.8) is 0 Å². The third-order valence-electron chi connectivity index (χ3n) is 3.58. The fourth-order valence-corrected chi connectivity index (χ4v) is 2.99. The van der Waals surface area contributed by atoms with Crippen LogP contribution in [0.4, 0.5) is 5.69 Å². The lowest BCUT2D eigenvalue weighted by Gasteiger charge is -2.30. The van der Waals surface area contributed by atoms with Crippen LogP contribution in [0.2, 0.25) is 0 Å². The van der Waals surface area contributed by atoms with Crippen LogP contribution >= 0.6 is 15.9 Å². The molecule has 2 rings (SSSR count). The van der Waals surface area contributed by atoms with E-state index >= 15 is 0 Å². The standard InChI is InChI=1S/C16H25BrN2/c1-4-9-19(12(2)3)16-8-5-13(10-15(16)17)11-18-14-6-7-14/h5,8,10,12,14,18H,4,6-7,9,11H2,1-3H3. The molecule has 1 saturated carbocycles. The fourth-order valence-electron chi connectivity index (χ4n) is 2.34. The minimum absolute atomic E-state index is 0.534. The molecule has 0 aliphatic heterocycles. The summed E-state index contributed by atoms with van der Waals surface area (Å²) < 4.78 is 1.21. The first-order valence-electron chi connectivity index (χ1n) is 7.40. The topological polar surface area (TPSA) is 15.3 Å². The van der Waals surface area contributed by atoms with Crippen LogP contribution in [0.1, 0.15) is 45.6 Å². The molecule has 1 aromatic rings. The monoisotopic (exact) mass is 324 g/mol. The molecule has 0 saturated heterocycles. The molecule has 0 unspecified atom stereocenters. The molecule has 1 aliphatic carbocycles. The fraction of sp³-hybridized carbons (Fsp3) is 0.625. The molecular formula is C16H25BrN2. The molecule has 0 amide bonds. The van der Waals surface area contributed by atoms with Gasteiger partial charge in [-0.15, -0.1) is 0 Å². The highest BCUT2D eigenvalue weighted by atomic mass is 79.9. The van der Waals surface area contributed by atoms with Crippen LogP contribution < -0.4 is 10.2 Å². The number of nitrogens with zero attached hydrogens (tertiary/aromatic N) is 1. The summed E-state index contributed by atoms with van der Waals surface area (Å²) in [5.74, 6) is 0. The van der Waals surface area contributed by atoms with Gasteiger partial charge in [0.05, 0.1) is 5.69 Å². The van der Waals surface area contributed by atoms with Gasteiger partial charge in [-0.25, -0.2) is 0 Å². The van der Waals surface area contributed by atoms with Gasteiger partial charge in [-0.2, -0.15) is 0 Å². The number of anilines is 1. The number of halogens is 1. The number of hydrogen-bond donors (Lipinski definition) is 1. The quantitative estimate of drug-likeness (QED) is 0.803. The third kappa shape index (κ3) is 4.22. The Balaban J connectivity index is 2.07. The first-order chi connectivity index (χ1) is 9.11. The molecular weight excluding hydrogens is 300 g/mol. The van der Waals surface area contributed by atoms with Crippen molar-refractivity contribution in [2.45, 2.75) is 58.7 Å². The normalized spacial score (nSPS) is 15.0. The highest BCUT2D eigenvalue weighted by Crippen LogP contribution is 2.29. The van der Waals surface area contributed by atoms with Crippen molar-refractivity contribution in [3.8, 4) is 0 Å². The Morgan fingerprint density at radius 1 is 1.37 bits per heavy atom. The molecule has 1 aromatic carbocycles. The van der Waals surface area contributed by atoms with Crippen molar-refractivity contribution in [2.24, 2.45) is 0 Å². The van der Waals surface area contributed by atoms with Crippen LogP contribution in [0.25, 0.3) is 0 Å². The summed E-state index contributed by atoms with van der Waals surface area (Å²) in [5.41, 5.74) is 2.68. The van der Waals surface area contributed by atoms with E-state index in [1.54, 1.807) is 0 Å². The van der Waals surface area contributed by atoms with Crippen molar-refractivity contribution in [3.05, 3.63) is 28.2 Å². The lowest BCUT2D eigenvalue weighted by atomic mass is 10.1. The van der Waals surface area contributed by atoms with Crippen LogP contribution in [-0.4, -0.2) is 18.6 Å². The van der Waals surface area contributed by atoms with Gasteiger partial charge in [-0.3, -0.25) is 0 Å². The maximum atomic E-state index is 3.74. The SMILES string of the molecule is CCCN(c1ccc(CNC2CC2)cc1Br)C(C)C. The average molecular weight is 325 g/mol. The van der Waals surface area contributed by atoms with Gasteiger partial charge < -0.3 is 10.2 Å². The molecule has 0 bridgehead atoms. The Kier molecular flexibility index (Phi) is 5.28. The maximum absolute atomic E-state index is 3.74. The Hall–Kier alpha value is -0.540. The molecule has 1 aliphatic rings. The highest BCUT2D eigenvalue weighted by molar-refractivity contribution is 9.10. The maximum Gasteiger partial charge on any atom is 0.0513 e. The van der Waals surface area contributed by atoms with Gasteiger partial charge in [-0.1, -0.05) is 13.0 Å². The summed E-state index contributed by atoms with van der Waals surface area (Å²) in [4.78, 5) is 2.46. The zero-order valence-electron chi connectivity index (χ0n) is 12.2. The van der Waals surface area contributed by atoms with Crippen molar-refractivity contribution < 1.29 is 0 Å². The molecule has 0 aromatic heterocycles. The molecule has 0 spiro atoms. The zero-order valence-corrected chi connectivity index (χ0v) is 13.8. The van der Waals surface area contributed by atoms with Crippen molar-refractivity contribution in [2.75, 3.05) is 11.4 Å². The predicted molar refractivity (Wildman–Crippen MR) is 86.8 cm³/mol. The molecule has 1 N–H and O–H groups in total. The van der Waals surface area contributed by atoms with Crippen molar-refractivity contribution in [1.29, 1.82) is 0 Å². The van der Waals surface area contributed by atoms with Crippen LogP contribution in [0, 0.1) is 0 Å². The van der Waals surface area contributed by atoms with E-state index in [1.165, 1.54) is 35.0 Å². The van der Waals surface area contributed by atoms with E-state index in [0.29, 0.717) is 6.04 Å². The molecule has 19 heavy (non-hydrogen) atoms. The number of nitrogens with one attached hydrogen (secondary N) is 1. The molecule has 106 valence electrons. The number of benzene rings is 1. The van der Waals surface area contributed by atoms with E-state index < -0.39 is 0 Å². The van der Waals surface area contributed by atoms with Crippen LogP contribution in [0.3, 0.4) is 0 Å². The highest BCUT2D eigenvalue weighted by Gasteiger charge is 2.20. The molecule has 0 atom stereocenters. The van der Waals surface area contributed by atoms with Gasteiger partial charge in [0.2, 0.25) is 0 Å². The molecule has 3 heteroatoms. The minimum Gasteiger partial charge on any atom is -0.368 e. The molecule has 1 fully saturated rings. The van der Waals surface area contributed by atoms with Gasteiger partial charge in [0, 0.05) is 29.6 Å². The second-order valence-corrected chi connectivity index (χ2v) is 6.58. The van der Waals surface area contributed by atoms with E-state index in [2.05, 4.69) is 65.1 Å². The first kappa shape index (κ1) is 14.9. The van der Waals surface area contributed by atoms with Gasteiger partial charge in [0.15, 0.2) is 0 Å². The summed E-state index contributed by atoms with van der Waals surface area (Å²) in [7, 11) is 0. The first-order valence-corrected chi connectivity index (χ1v) is 8.19. The van der Waals surface area contributed by atoms with Gasteiger partial charge in [0.25, 0.3) is 0 Å². The van der Waals surface area contributed by atoms with Crippen molar-refractivity contribution >= 4 is 21.6 Å². The second kappa shape index (κ2) is 6.76. The lowest BCUT2D eigenvalue weighted by molar-refractivity contribution is 0.668. The van der Waals surface area contributed by atoms with Gasteiger partial charge >= 0.3 is 0 Å². The predicted octanol–water partition coefficient (Wildman–Crippen LogP) is 4.33. The summed E-state index contributed by atoms with van der Waals surface area (Å²) in [6, 6.07) is 8.07. The van der Waals surface area contributed by atoms with E-state index in [1.807, 2.05) is 0 Å². The Morgan fingerprint density at radius 2 is 2.11 bits per heavy atom. The van der Waals surface area contributed by atoms with E-state index in [4.69, 9.17) is 0 Å². The van der Waals surface area contributed by atoms with Crippen LogP contribution in [0.15, 0.2) is 22.7 Å². The average Bonchev–Trinajstić information content (AvgIpc) is 3.18. The van der Waals surface area contributed by atoms with E-state index in [0.717, 1.165) is 19.1 Å². The molecule has 0 radical (unpaired) electrons. The largest absolute Gasteiger partial charge is 0.368 e. The summed E-state index contributed by atoms with van der Waals surface area (Å²) in [5, 5.41) is 3.56.